The number of carboxylic acids is 1. The minimum Gasteiger partial charge on any atom is -0.475 e. The zero-order valence-electron chi connectivity index (χ0n) is 11.3. The fraction of sp³-hybridized carbons (Fsp3) is 0.0714. The number of rotatable bonds is 3. The van der Waals surface area contributed by atoms with Gasteiger partial charge in [-0.05, 0) is 42.5 Å². The van der Waals surface area contributed by atoms with Crippen molar-refractivity contribution in [3.05, 3.63) is 41.1 Å². The van der Waals surface area contributed by atoms with Crippen LogP contribution in [0.1, 0.15) is 17.5 Å². The summed E-state index contributed by atoms with van der Waals surface area (Å²) in [6, 6.07) is 7.76. The molecule has 0 unspecified atom stereocenters. The Labute approximate surface area is 136 Å². The van der Waals surface area contributed by atoms with Crippen molar-refractivity contribution >= 4 is 46.5 Å². The molecule has 1 heterocycles. The van der Waals surface area contributed by atoms with Gasteiger partial charge in [0.2, 0.25) is 11.7 Å². The highest BCUT2D eigenvalue weighted by atomic mass is 35.5. The summed E-state index contributed by atoms with van der Waals surface area (Å²) in [6.45, 7) is 1.33. The van der Waals surface area contributed by atoms with Crippen LogP contribution < -0.4 is 10.6 Å². The van der Waals surface area contributed by atoms with Gasteiger partial charge in [-0.2, -0.15) is 0 Å². The molecule has 0 spiro atoms. The standard InChI is InChI=1S/C14H11ClN2O4S/c1-7(18)16-14(22)17-10-6-8(15)2-3-9(10)11-4-5-12(21-11)13(19)20/h2-6H,1H3,(H,19,20)(H2,16,17,18,22). The molecule has 3 N–H and O–H groups in total. The Balaban J connectivity index is 2.36. The van der Waals surface area contributed by atoms with Gasteiger partial charge in [0, 0.05) is 17.5 Å². The van der Waals surface area contributed by atoms with E-state index in [0.717, 1.165) is 0 Å². The first-order valence-electron chi connectivity index (χ1n) is 6.08. The van der Waals surface area contributed by atoms with Crippen LogP contribution in [-0.2, 0) is 4.79 Å². The predicted molar refractivity (Wildman–Crippen MR) is 86.2 cm³/mol. The number of benzene rings is 1. The van der Waals surface area contributed by atoms with Gasteiger partial charge in [-0.25, -0.2) is 4.79 Å². The molecule has 22 heavy (non-hydrogen) atoms. The van der Waals surface area contributed by atoms with Gasteiger partial charge in [0.05, 0.1) is 5.69 Å². The van der Waals surface area contributed by atoms with Gasteiger partial charge in [0.15, 0.2) is 5.11 Å². The molecule has 0 bridgehead atoms. The Kier molecular flexibility index (Phi) is 4.79. The first-order chi connectivity index (χ1) is 10.4. The third-order valence-corrected chi connectivity index (χ3v) is 3.04. The number of nitrogens with one attached hydrogen (secondary N) is 2. The zero-order valence-corrected chi connectivity index (χ0v) is 12.9. The van der Waals surface area contributed by atoms with Gasteiger partial charge in [-0.3, -0.25) is 4.79 Å². The third kappa shape index (κ3) is 3.84. The second-order valence-electron chi connectivity index (χ2n) is 4.29. The van der Waals surface area contributed by atoms with E-state index in [2.05, 4.69) is 10.6 Å². The molecule has 6 nitrogen and oxygen atoms in total. The number of carbonyl (C=O) groups excluding carboxylic acids is 1. The van der Waals surface area contributed by atoms with E-state index >= 15 is 0 Å². The summed E-state index contributed by atoms with van der Waals surface area (Å²) in [7, 11) is 0. The van der Waals surface area contributed by atoms with E-state index in [4.69, 9.17) is 33.3 Å². The Morgan fingerprint density at radius 3 is 2.59 bits per heavy atom. The van der Waals surface area contributed by atoms with E-state index in [-0.39, 0.29) is 16.8 Å². The summed E-state index contributed by atoms with van der Waals surface area (Å²) >= 11 is 11.0. The molecule has 8 heteroatoms. The smallest absolute Gasteiger partial charge is 0.371 e. The molecular formula is C14H11ClN2O4S. The van der Waals surface area contributed by atoms with Gasteiger partial charge in [0.25, 0.3) is 0 Å². The number of furan rings is 1. The fourth-order valence-electron chi connectivity index (χ4n) is 1.75. The van der Waals surface area contributed by atoms with Gasteiger partial charge in [-0.1, -0.05) is 11.6 Å². The average molecular weight is 339 g/mol. The summed E-state index contributed by atoms with van der Waals surface area (Å²) in [6.07, 6.45) is 0. The SMILES string of the molecule is CC(=O)NC(=S)Nc1cc(Cl)ccc1-c1ccc(C(=O)O)o1. The number of carboxylic acid groups (broad SMARTS) is 1. The third-order valence-electron chi connectivity index (χ3n) is 2.60. The van der Waals surface area contributed by atoms with Crippen molar-refractivity contribution in [1.29, 1.82) is 0 Å². The van der Waals surface area contributed by atoms with E-state index in [1.54, 1.807) is 18.2 Å². The number of anilines is 1. The molecule has 1 amide bonds. The lowest BCUT2D eigenvalue weighted by Crippen LogP contribution is -2.32. The molecule has 0 aliphatic rings. The molecule has 2 aromatic rings. The maximum Gasteiger partial charge on any atom is 0.371 e. The molecule has 1 aromatic carbocycles. The lowest BCUT2D eigenvalue weighted by Gasteiger charge is -2.12. The van der Waals surface area contributed by atoms with Crippen molar-refractivity contribution in [3.63, 3.8) is 0 Å². The second kappa shape index (κ2) is 6.59. The topological polar surface area (TPSA) is 91.6 Å². The molecule has 2 rings (SSSR count). The molecule has 114 valence electrons. The van der Waals surface area contributed by atoms with Crippen molar-refractivity contribution in [1.82, 2.24) is 5.32 Å². The molecule has 0 saturated heterocycles. The summed E-state index contributed by atoms with van der Waals surface area (Å²) in [5, 5.41) is 14.7. The monoisotopic (exact) mass is 338 g/mol. The van der Waals surface area contributed by atoms with Crippen LogP contribution in [0, 0.1) is 0 Å². The molecule has 0 aliphatic heterocycles. The summed E-state index contributed by atoms with van der Waals surface area (Å²) in [5.74, 6) is -1.32. The highest BCUT2D eigenvalue weighted by Gasteiger charge is 2.14. The van der Waals surface area contributed by atoms with Crippen LogP contribution in [-0.4, -0.2) is 22.1 Å². The number of halogens is 1. The number of carbonyl (C=O) groups is 2. The summed E-state index contributed by atoms with van der Waals surface area (Å²) in [4.78, 5) is 21.9. The lowest BCUT2D eigenvalue weighted by molar-refractivity contribution is -0.117. The number of amides is 1. The normalized spacial score (nSPS) is 10.1. The van der Waals surface area contributed by atoms with Crippen LogP contribution in [0.4, 0.5) is 5.69 Å². The minimum atomic E-state index is -1.16. The molecule has 0 radical (unpaired) electrons. The first kappa shape index (κ1) is 16.0. The van der Waals surface area contributed by atoms with Crippen LogP contribution in [0.3, 0.4) is 0 Å². The number of hydrogen-bond acceptors (Lipinski definition) is 4. The maximum atomic E-state index is 11.0. The fourth-order valence-corrected chi connectivity index (χ4v) is 2.17. The minimum absolute atomic E-state index is 0.0982. The summed E-state index contributed by atoms with van der Waals surface area (Å²) < 4.78 is 5.26. The van der Waals surface area contributed by atoms with Crippen molar-refractivity contribution in [2.75, 3.05) is 5.32 Å². The molecule has 0 atom stereocenters. The van der Waals surface area contributed by atoms with Crippen molar-refractivity contribution < 1.29 is 19.1 Å². The van der Waals surface area contributed by atoms with Gasteiger partial charge < -0.3 is 20.2 Å². The van der Waals surface area contributed by atoms with Crippen LogP contribution in [0.2, 0.25) is 5.02 Å². The Morgan fingerprint density at radius 2 is 2.00 bits per heavy atom. The highest BCUT2D eigenvalue weighted by Crippen LogP contribution is 2.32. The Hall–Kier alpha value is -2.38. The predicted octanol–water partition coefficient (Wildman–Crippen LogP) is 3.13. The maximum absolute atomic E-state index is 11.0. The van der Waals surface area contributed by atoms with Gasteiger partial charge in [-0.15, -0.1) is 0 Å². The Morgan fingerprint density at radius 1 is 1.27 bits per heavy atom. The van der Waals surface area contributed by atoms with E-state index in [0.29, 0.717) is 22.0 Å². The largest absolute Gasteiger partial charge is 0.475 e. The van der Waals surface area contributed by atoms with Crippen molar-refractivity contribution in [2.45, 2.75) is 6.92 Å². The molecule has 0 saturated carbocycles. The first-order valence-corrected chi connectivity index (χ1v) is 6.87. The lowest BCUT2D eigenvalue weighted by atomic mass is 10.1. The molecule has 0 aliphatic carbocycles. The quantitative estimate of drug-likeness (QED) is 0.745. The van der Waals surface area contributed by atoms with Crippen LogP contribution in [0.5, 0.6) is 0 Å². The van der Waals surface area contributed by atoms with Gasteiger partial charge in [0.1, 0.15) is 5.76 Å². The van der Waals surface area contributed by atoms with Crippen molar-refractivity contribution in [3.8, 4) is 11.3 Å². The van der Waals surface area contributed by atoms with E-state index < -0.39 is 5.97 Å². The number of hydrogen-bond donors (Lipinski definition) is 3. The van der Waals surface area contributed by atoms with E-state index in [1.165, 1.54) is 19.1 Å². The summed E-state index contributed by atoms with van der Waals surface area (Å²) in [5.41, 5.74) is 1.04. The van der Waals surface area contributed by atoms with Crippen LogP contribution in [0.25, 0.3) is 11.3 Å². The molecular weight excluding hydrogens is 328 g/mol. The molecule has 0 fully saturated rings. The van der Waals surface area contributed by atoms with Crippen molar-refractivity contribution in [2.24, 2.45) is 0 Å². The zero-order chi connectivity index (χ0) is 16.3. The molecule has 1 aromatic heterocycles. The van der Waals surface area contributed by atoms with Gasteiger partial charge >= 0.3 is 5.97 Å². The second-order valence-corrected chi connectivity index (χ2v) is 5.14. The number of aromatic carboxylic acids is 1. The van der Waals surface area contributed by atoms with Crippen LogP contribution in [0.15, 0.2) is 34.7 Å². The Bertz CT molecular complexity index is 757. The van der Waals surface area contributed by atoms with E-state index in [1.807, 2.05) is 0 Å². The highest BCUT2D eigenvalue weighted by molar-refractivity contribution is 7.80. The van der Waals surface area contributed by atoms with Crippen LogP contribution >= 0.6 is 23.8 Å². The average Bonchev–Trinajstić information content (AvgIpc) is 2.87. The van der Waals surface area contributed by atoms with E-state index in [9.17, 15) is 9.59 Å². The number of thiocarbonyl (C=S) groups is 1.